The molecule has 60 valence electrons. The molecule has 1 rings (SSSR count). The third-order valence-electron chi connectivity index (χ3n) is 1.22. The number of hydrogen-bond donors (Lipinski definition) is 1. The Labute approximate surface area is 74.3 Å². The van der Waals surface area contributed by atoms with Gasteiger partial charge in [0.15, 0.2) is 0 Å². The lowest BCUT2D eigenvalue weighted by Gasteiger charge is -2.03. The third-order valence-corrected chi connectivity index (χ3v) is 1.97. The first-order valence-electron chi connectivity index (χ1n) is 2.93. The molecule has 0 saturated carbocycles. The second kappa shape index (κ2) is 3.85. The highest BCUT2D eigenvalue weighted by atomic mass is 35.5. The lowest BCUT2D eigenvalue weighted by atomic mass is 10.3. The molecule has 1 N–H and O–H groups in total. The fraction of sp³-hybridized carbons (Fsp3) is 0.143. The van der Waals surface area contributed by atoms with Crippen LogP contribution in [-0.2, 0) is 0 Å². The van der Waals surface area contributed by atoms with E-state index in [0.717, 1.165) is 0 Å². The molecule has 0 aromatic heterocycles. The highest BCUT2D eigenvalue weighted by Gasteiger charge is 2.02. The zero-order valence-electron chi connectivity index (χ0n) is 5.87. The molecule has 1 aromatic rings. The summed E-state index contributed by atoms with van der Waals surface area (Å²) in [6, 6.07) is 5.06. The Kier molecular flexibility index (Phi) is 3.05. The summed E-state index contributed by atoms with van der Waals surface area (Å²) < 4.78 is 13.7. The van der Waals surface area contributed by atoms with E-state index in [0.29, 0.717) is 27.7 Å². The molecule has 0 aliphatic carbocycles. The minimum atomic E-state index is 0.586. The molecule has 0 amide bonds. The standard InChI is InChI=1S/C7H7ClO2S/c1-10-6-3-2-5(8)4-7(6)11-9/h2-4,9H,1H3. The number of methoxy groups -OCH3 is 1. The van der Waals surface area contributed by atoms with E-state index in [-0.39, 0.29) is 0 Å². The molecule has 1 aromatic carbocycles. The minimum Gasteiger partial charge on any atom is -0.495 e. The van der Waals surface area contributed by atoms with Crippen LogP contribution in [0.3, 0.4) is 0 Å². The number of benzene rings is 1. The van der Waals surface area contributed by atoms with Gasteiger partial charge in [-0.05, 0) is 18.2 Å². The van der Waals surface area contributed by atoms with Crippen LogP contribution < -0.4 is 4.74 Å². The number of rotatable bonds is 2. The lowest BCUT2D eigenvalue weighted by molar-refractivity contribution is 0.404. The Hall–Kier alpha value is -0.380. The van der Waals surface area contributed by atoms with Crippen molar-refractivity contribution in [2.45, 2.75) is 4.90 Å². The maximum Gasteiger partial charge on any atom is 0.134 e. The van der Waals surface area contributed by atoms with Crippen molar-refractivity contribution in [3.05, 3.63) is 23.2 Å². The molecule has 0 aliphatic rings. The lowest BCUT2D eigenvalue weighted by Crippen LogP contribution is -1.84. The topological polar surface area (TPSA) is 29.5 Å². The first-order valence-corrected chi connectivity index (χ1v) is 4.08. The van der Waals surface area contributed by atoms with E-state index < -0.39 is 0 Å². The Morgan fingerprint density at radius 1 is 1.55 bits per heavy atom. The van der Waals surface area contributed by atoms with Crippen LogP contribution in [0.1, 0.15) is 0 Å². The minimum absolute atomic E-state index is 0.586. The van der Waals surface area contributed by atoms with Crippen molar-refractivity contribution >= 4 is 23.6 Å². The van der Waals surface area contributed by atoms with Gasteiger partial charge in [0.25, 0.3) is 0 Å². The summed E-state index contributed by atoms with van der Waals surface area (Å²) in [6.07, 6.45) is 0. The molecule has 0 bridgehead atoms. The molecule has 0 fully saturated rings. The smallest absolute Gasteiger partial charge is 0.134 e. The van der Waals surface area contributed by atoms with Crippen molar-refractivity contribution in [1.82, 2.24) is 0 Å². The highest BCUT2D eigenvalue weighted by Crippen LogP contribution is 2.29. The van der Waals surface area contributed by atoms with Crippen LogP contribution >= 0.6 is 23.6 Å². The normalized spacial score (nSPS) is 9.73. The quantitative estimate of drug-likeness (QED) is 0.728. The monoisotopic (exact) mass is 190 g/mol. The molecular formula is C7H7ClO2S. The van der Waals surface area contributed by atoms with E-state index in [2.05, 4.69) is 0 Å². The summed E-state index contributed by atoms with van der Waals surface area (Å²) in [7, 11) is 1.54. The SMILES string of the molecule is COc1ccc(Cl)cc1SO. The third kappa shape index (κ3) is 2.02. The largest absolute Gasteiger partial charge is 0.495 e. The summed E-state index contributed by atoms with van der Waals surface area (Å²) in [6.45, 7) is 0. The van der Waals surface area contributed by atoms with Crippen molar-refractivity contribution in [3.63, 3.8) is 0 Å². The summed E-state index contributed by atoms with van der Waals surface area (Å²) >= 11 is 6.30. The molecule has 0 spiro atoms. The molecule has 11 heavy (non-hydrogen) atoms. The zero-order valence-corrected chi connectivity index (χ0v) is 7.45. The van der Waals surface area contributed by atoms with Crippen LogP contribution in [0.2, 0.25) is 5.02 Å². The molecule has 0 atom stereocenters. The van der Waals surface area contributed by atoms with Crippen LogP contribution in [0.5, 0.6) is 5.75 Å². The van der Waals surface area contributed by atoms with E-state index in [4.69, 9.17) is 20.9 Å². The first-order chi connectivity index (χ1) is 5.27. The molecule has 0 saturated heterocycles. The van der Waals surface area contributed by atoms with Crippen molar-refractivity contribution in [2.75, 3.05) is 7.11 Å². The van der Waals surface area contributed by atoms with Gasteiger partial charge < -0.3 is 9.29 Å². The summed E-state index contributed by atoms with van der Waals surface area (Å²) in [4.78, 5) is 0.625. The number of ether oxygens (including phenoxy) is 1. The predicted octanol–water partition coefficient (Wildman–Crippen LogP) is 2.91. The first kappa shape index (κ1) is 8.71. The van der Waals surface area contributed by atoms with E-state index in [1.807, 2.05) is 0 Å². The van der Waals surface area contributed by atoms with Gasteiger partial charge in [0.2, 0.25) is 0 Å². The second-order valence-electron chi connectivity index (χ2n) is 1.89. The fourth-order valence-corrected chi connectivity index (χ4v) is 1.38. The van der Waals surface area contributed by atoms with Gasteiger partial charge in [-0.3, -0.25) is 0 Å². The van der Waals surface area contributed by atoms with Crippen molar-refractivity contribution in [3.8, 4) is 5.75 Å². The molecule has 0 heterocycles. The van der Waals surface area contributed by atoms with Gasteiger partial charge in [0.1, 0.15) is 5.75 Å². The van der Waals surface area contributed by atoms with E-state index in [9.17, 15) is 0 Å². The van der Waals surface area contributed by atoms with Crippen LogP contribution in [0.15, 0.2) is 23.1 Å². The van der Waals surface area contributed by atoms with Crippen molar-refractivity contribution in [2.24, 2.45) is 0 Å². The van der Waals surface area contributed by atoms with Gasteiger partial charge in [0.05, 0.1) is 12.0 Å². The maximum absolute atomic E-state index is 8.75. The molecule has 0 radical (unpaired) electrons. The molecule has 2 nitrogen and oxygen atoms in total. The van der Waals surface area contributed by atoms with Gasteiger partial charge in [-0.15, -0.1) is 0 Å². The average Bonchev–Trinajstić information content (AvgIpc) is 2.04. The van der Waals surface area contributed by atoms with Gasteiger partial charge in [-0.1, -0.05) is 11.6 Å². The Morgan fingerprint density at radius 2 is 2.27 bits per heavy atom. The van der Waals surface area contributed by atoms with Crippen LogP contribution in [-0.4, -0.2) is 11.7 Å². The summed E-state index contributed by atoms with van der Waals surface area (Å²) in [5.41, 5.74) is 0. The Balaban J connectivity index is 3.06. The number of hydrogen-bond acceptors (Lipinski definition) is 3. The molecule has 0 unspecified atom stereocenters. The summed E-state index contributed by atoms with van der Waals surface area (Å²) in [5.74, 6) is 0.627. The molecular weight excluding hydrogens is 184 g/mol. The molecule has 4 heteroatoms. The average molecular weight is 191 g/mol. The second-order valence-corrected chi connectivity index (χ2v) is 2.95. The summed E-state index contributed by atoms with van der Waals surface area (Å²) in [5, 5.41) is 0.586. The van der Waals surface area contributed by atoms with Gasteiger partial charge in [-0.25, -0.2) is 0 Å². The van der Waals surface area contributed by atoms with Crippen LogP contribution in [0.25, 0.3) is 0 Å². The highest BCUT2D eigenvalue weighted by molar-refractivity contribution is 7.93. The van der Waals surface area contributed by atoms with Crippen molar-refractivity contribution < 1.29 is 9.29 Å². The Morgan fingerprint density at radius 3 is 2.82 bits per heavy atom. The van der Waals surface area contributed by atoms with E-state index in [1.165, 1.54) is 0 Å². The molecule has 0 aliphatic heterocycles. The van der Waals surface area contributed by atoms with E-state index >= 15 is 0 Å². The van der Waals surface area contributed by atoms with Gasteiger partial charge in [-0.2, -0.15) is 0 Å². The van der Waals surface area contributed by atoms with E-state index in [1.54, 1.807) is 25.3 Å². The maximum atomic E-state index is 8.75. The van der Waals surface area contributed by atoms with Gasteiger partial charge >= 0.3 is 0 Å². The Bertz CT molecular complexity index is 252. The van der Waals surface area contributed by atoms with Gasteiger partial charge in [0, 0.05) is 17.1 Å². The van der Waals surface area contributed by atoms with Crippen molar-refractivity contribution in [1.29, 1.82) is 0 Å². The number of halogens is 1. The van der Waals surface area contributed by atoms with Crippen LogP contribution in [0.4, 0.5) is 0 Å². The van der Waals surface area contributed by atoms with Crippen LogP contribution in [0, 0.1) is 0 Å². The zero-order chi connectivity index (χ0) is 8.27. The fourth-order valence-electron chi connectivity index (χ4n) is 0.722. The predicted molar refractivity (Wildman–Crippen MR) is 46.5 cm³/mol.